The molecule has 3 aliphatic rings. The van der Waals surface area contributed by atoms with Gasteiger partial charge < -0.3 is 10.3 Å². The summed E-state index contributed by atoms with van der Waals surface area (Å²) in [6.07, 6.45) is 9.20. The predicted molar refractivity (Wildman–Crippen MR) is 112 cm³/mol. The summed E-state index contributed by atoms with van der Waals surface area (Å²) in [6.45, 7) is 5.47. The molecule has 1 aliphatic carbocycles. The number of piperidine rings is 2. The maximum Gasteiger partial charge on any atom is 0.224 e. The Labute approximate surface area is 167 Å². The molecular formula is C23H32N4O. The fraction of sp³-hybridized carbons (Fsp3) is 0.609. The van der Waals surface area contributed by atoms with Crippen LogP contribution in [-0.4, -0.2) is 59.0 Å². The molecule has 150 valence electrons. The molecule has 0 bridgehead atoms. The molecule has 2 N–H and O–H groups in total. The molecule has 5 heteroatoms. The summed E-state index contributed by atoms with van der Waals surface area (Å²) in [5.41, 5.74) is 2.64. The number of para-hydroxylation sites is 1. The highest BCUT2D eigenvalue weighted by Gasteiger charge is 2.33. The number of fused-ring (bicyclic) bond motifs is 1. The van der Waals surface area contributed by atoms with Crippen LogP contribution in [0.2, 0.25) is 0 Å². The van der Waals surface area contributed by atoms with E-state index in [2.05, 4.69) is 50.6 Å². The lowest BCUT2D eigenvalue weighted by molar-refractivity contribution is -0.127. The first-order valence-electron chi connectivity index (χ1n) is 11.1. The third kappa shape index (κ3) is 3.96. The fourth-order valence-electron chi connectivity index (χ4n) is 5.04. The van der Waals surface area contributed by atoms with Crippen LogP contribution >= 0.6 is 0 Å². The number of likely N-dealkylation sites (tertiary alicyclic amines) is 2. The second-order valence-corrected chi connectivity index (χ2v) is 8.98. The number of H-pyrrole nitrogens is 1. The van der Waals surface area contributed by atoms with E-state index in [1.807, 2.05) is 0 Å². The van der Waals surface area contributed by atoms with E-state index in [9.17, 15) is 4.79 Å². The van der Waals surface area contributed by atoms with Gasteiger partial charge >= 0.3 is 0 Å². The quantitative estimate of drug-likeness (QED) is 0.838. The average molecular weight is 381 g/mol. The van der Waals surface area contributed by atoms with Crippen molar-refractivity contribution in [2.45, 2.75) is 57.2 Å². The van der Waals surface area contributed by atoms with E-state index in [-0.39, 0.29) is 5.92 Å². The van der Waals surface area contributed by atoms with E-state index < -0.39 is 0 Å². The highest BCUT2D eigenvalue weighted by Crippen LogP contribution is 2.27. The number of rotatable bonds is 5. The second-order valence-electron chi connectivity index (χ2n) is 8.98. The van der Waals surface area contributed by atoms with E-state index in [0.717, 1.165) is 39.0 Å². The van der Waals surface area contributed by atoms with Gasteiger partial charge in [-0.2, -0.15) is 0 Å². The van der Waals surface area contributed by atoms with Crippen LogP contribution in [0.3, 0.4) is 0 Å². The van der Waals surface area contributed by atoms with Crippen molar-refractivity contribution in [3.05, 3.63) is 36.0 Å². The van der Waals surface area contributed by atoms with E-state index in [1.165, 1.54) is 48.7 Å². The van der Waals surface area contributed by atoms with Gasteiger partial charge in [-0.15, -0.1) is 0 Å². The standard InChI is InChI=1S/C23H32N4O/c28-23(25-19-7-8-19)17-4-3-11-27(16-17)20-9-12-26(13-10-20)15-18-14-24-22-6-2-1-5-21(18)22/h1-2,5-6,14,17,19-20,24H,3-4,7-13,15-16H2,(H,25,28)/t17-/m1/s1. The van der Waals surface area contributed by atoms with Crippen molar-refractivity contribution in [1.29, 1.82) is 0 Å². The molecule has 1 saturated carbocycles. The van der Waals surface area contributed by atoms with Gasteiger partial charge in [0.05, 0.1) is 5.92 Å². The lowest BCUT2D eigenvalue weighted by Crippen LogP contribution is -2.50. The molecule has 0 radical (unpaired) electrons. The number of amides is 1. The Kier molecular flexibility index (Phi) is 5.12. The molecule has 1 amide bonds. The lowest BCUT2D eigenvalue weighted by Gasteiger charge is -2.42. The third-order valence-electron chi connectivity index (χ3n) is 6.89. The number of aromatic nitrogens is 1. The molecule has 2 aliphatic heterocycles. The van der Waals surface area contributed by atoms with Crippen molar-refractivity contribution < 1.29 is 4.79 Å². The Hall–Kier alpha value is -1.85. The zero-order chi connectivity index (χ0) is 18.9. The predicted octanol–water partition coefficient (Wildman–Crippen LogP) is 3.12. The van der Waals surface area contributed by atoms with Crippen LogP contribution in [0.5, 0.6) is 0 Å². The molecule has 2 saturated heterocycles. The van der Waals surface area contributed by atoms with Crippen LogP contribution in [0.15, 0.2) is 30.5 Å². The van der Waals surface area contributed by atoms with Crippen LogP contribution in [0.1, 0.15) is 44.1 Å². The molecule has 28 heavy (non-hydrogen) atoms. The number of nitrogens with one attached hydrogen (secondary N) is 2. The second kappa shape index (κ2) is 7.88. The monoisotopic (exact) mass is 380 g/mol. The molecular weight excluding hydrogens is 348 g/mol. The summed E-state index contributed by atoms with van der Waals surface area (Å²) in [5, 5.41) is 4.57. The van der Waals surface area contributed by atoms with Crippen LogP contribution in [0, 0.1) is 5.92 Å². The maximum absolute atomic E-state index is 12.5. The zero-order valence-corrected chi connectivity index (χ0v) is 16.7. The van der Waals surface area contributed by atoms with E-state index in [1.54, 1.807) is 0 Å². The summed E-state index contributed by atoms with van der Waals surface area (Å²) in [7, 11) is 0. The Balaban J connectivity index is 1.14. The number of carbonyl (C=O) groups excluding carboxylic acids is 1. The zero-order valence-electron chi connectivity index (χ0n) is 16.7. The van der Waals surface area contributed by atoms with Crippen molar-refractivity contribution in [3.63, 3.8) is 0 Å². The highest BCUT2D eigenvalue weighted by atomic mass is 16.2. The molecule has 1 aromatic heterocycles. The van der Waals surface area contributed by atoms with Gasteiger partial charge in [0.15, 0.2) is 0 Å². The molecule has 0 unspecified atom stereocenters. The van der Waals surface area contributed by atoms with Crippen LogP contribution in [0.25, 0.3) is 10.9 Å². The molecule has 5 nitrogen and oxygen atoms in total. The first kappa shape index (κ1) is 18.2. The van der Waals surface area contributed by atoms with Gasteiger partial charge in [-0.3, -0.25) is 14.6 Å². The summed E-state index contributed by atoms with van der Waals surface area (Å²) in [6, 6.07) is 9.71. The van der Waals surface area contributed by atoms with E-state index in [4.69, 9.17) is 0 Å². The van der Waals surface area contributed by atoms with Crippen molar-refractivity contribution >= 4 is 16.8 Å². The topological polar surface area (TPSA) is 51.4 Å². The summed E-state index contributed by atoms with van der Waals surface area (Å²) < 4.78 is 0. The van der Waals surface area contributed by atoms with Gasteiger partial charge in [0, 0.05) is 42.3 Å². The van der Waals surface area contributed by atoms with Crippen LogP contribution in [0.4, 0.5) is 0 Å². The Morgan fingerprint density at radius 1 is 1.07 bits per heavy atom. The van der Waals surface area contributed by atoms with Gasteiger partial charge in [-0.1, -0.05) is 18.2 Å². The van der Waals surface area contributed by atoms with Gasteiger partial charge in [-0.25, -0.2) is 0 Å². The molecule has 0 spiro atoms. The van der Waals surface area contributed by atoms with Crippen LogP contribution in [-0.2, 0) is 11.3 Å². The molecule has 3 fully saturated rings. The molecule has 1 atom stereocenters. The normalized spacial score (nSPS) is 25.2. The largest absolute Gasteiger partial charge is 0.361 e. The summed E-state index contributed by atoms with van der Waals surface area (Å²) in [4.78, 5) is 21.1. The first-order chi connectivity index (χ1) is 13.8. The summed E-state index contributed by atoms with van der Waals surface area (Å²) >= 11 is 0. The van der Waals surface area contributed by atoms with E-state index in [0.29, 0.717) is 18.0 Å². The minimum absolute atomic E-state index is 0.207. The number of benzene rings is 1. The van der Waals surface area contributed by atoms with Gasteiger partial charge in [0.2, 0.25) is 5.91 Å². The number of nitrogens with zero attached hydrogens (tertiary/aromatic N) is 2. The number of carbonyl (C=O) groups is 1. The maximum atomic E-state index is 12.5. The highest BCUT2D eigenvalue weighted by molar-refractivity contribution is 5.83. The van der Waals surface area contributed by atoms with Crippen molar-refractivity contribution in [2.24, 2.45) is 5.92 Å². The third-order valence-corrected chi connectivity index (χ3v) is 6.89. The van der Waals surface area contributed by atoms with Crippen LogP contribution < -0.4 is 5.32 Å². The SMILES string of the molecule is O=C(NC1CC1)[C@@H]1CCCN(C2CCN(Cc3c[nH]c4ccccc34)CC2)C1. The minimum atomic E-state index is 0.207. The Morgan fingerprint density at radius 3 is 2.71 bits per heavy atom. The number of aromatic amines is 1. The average Bonchev–Trinajstić information content (AvgIpc) is 3.47. The van der Waals surface area contributed by atoms with Gasteiger partial charge in [-0.05, 0) is 69.8 Å². The molecule has 1 aromatic carbocycles. The van der Waals surface area contributed by atoms with Crippen molar-refractivity contribution in [2.75, 3.05) is 26.2 Å². The first-order valence-corrected chi connectivity index (χ1v) is 11.1. The van der Waals surface area contributed by atoms with Gasteiger partial charge in [0.1, 0.15) is 0 Å². The summed E-state index contributed by atoms with van der Waals surface area (Å²) in [5.74, 6) is 0.516. The Morgan fingerprint density at radius 2 is 1.89 bits per heavy atom. The van der Waals surface area contributed by atoms with E-state index >= 15 is 0 Å². The smallest absolute Gasteiger partial charge is 0.224 e. The minimum Gasteiger partial charge on any atom is -0.361 e. The van der Waals surface area contributed by atoms with Gasteiger partial charge in [0.25, 0.3) is 0 Å². The number of hydrogen-bond acceptors (Lipinski definition) is 3. The lowest BCUT2D eigenvalue weighted by atomic mass is 9.93. The van der Waals surface area contributed by atoms with Crippen molar-refractivity contribution in [3.8, 4) is 0 Å². The van der Waals surface area contributed by atoms with Crippen molar-refractivity contribution in [1.82, 2.24) is 20.1 Å². The molecule has 5 rings (SSSR count). The Bertz CT molecular complexity index is 819. The molecule has 2 aromatic rings. The fourth-order valence-corrected chi connectivity index (χ4v) is 5.04. The number of hydrogen-bond donors (Lipinski definition) is 2. The molecule has 3 heterocycles.